The van der Waals surface area contributed by atoms with Crippen LogP contribution in [0.1, 0.15) is 21.5 Å². The fraction of sp³-hybridized carbons (Fsp3) is 0.0625. The third-order valence-electron chi connectivity index (χ3n) is 2.79. The Balaban J connectivity index is 2.19. The van der Waals surface area contributed by atoms with E-state index in [1.54, 1.807) is 24.3 Å². The first-order valence-electron chi connectivity index (χ1n) is 6.02. The van der Waals surface area contributed by atoms with Crippen molar-refractivity contribution >= 4 is 12.0 Å². The number of hydrogen-bond acceptors (Lipinski definition) is 2. The van der Waals surface area contributed by atoms with Crippen molar-refractivity contribution in [3.63, 3.8) is 0 Å². The smallest absolute Gasteiger partial charge is 0.416 e. The van der Waals surface area contributed by atoms with Crippen molar-refractivity contribution in [3.8, 4) is 5.75 Å². The van der Waals surface area contributed by atoms with Gasteiger partial charge in [-0.25, -0.2) is 4.79 Å². The number of hydrogen-bond donors (Lipinski definition) is 0. The summed E-state index contributed by atoms with van der Waals surface area (Å²) in [5.41, 5.74) is -0.148. The van der Waals surface area contributed by atoms with Gasteiger partial charge in [0.25, 0.3) is 0 Å². The lowest BCUT2D eigenvalue weighted by Gasteiger charge is -2.09. The molecule has 0 saturated carbocycles. The molecule has 0 amide bonds. The van der Waals surface area contributed by atoms with Gasteiger partial charge in [0.15, 0.2) is 0 Å². The van der Waals surface area contributed by atoms with E-state index in [1.165, 1.54) is 6.08 Å². The van der Waals surface area contributed by atoms with Gasteiger partial charge in [-0.05, 0) is 30.3 Å². The van der Waals surface area contributed by atoms with E-state index in [1.807, 2.05) is 0 Å². The van der Waals surface area contributed by atoms with E-state index in [2.05, 4.69) is 6.58 Å². The van der Waals surface area contributed by atoms with Crippen LogP contribution in [-0.2, 0) is 6.18 Å². The Morgan fingerprint density at radius 3 is 2.24 bits per heavy atom. The lowest BCUT2D eigenvalue weighted by Crippen LogP contribution is -2.10. The van der Waals surface area contributed by atoms with Crippen molar-refractivity contribution in [2.24, 2.45) is 0 Å². The quantitative estimate of drug-likeness (QED) is 0.612. The number of ether oxygens (including phenoxy) is 1. The molecule has 0 heterocycles. The highest BCUT2D eigenvalue weighted by molar-refractivity contribution is 5.91. The molecular formula is C16H11F3O2. The molecule has 2 aromatic rings. The second kappa shape index (κ2) is 5.83. The first-order chi connectivity index (χ1) is 9.91. The normalized spacial score (nSPS) is 11.0. The number of carbonyl (C=O) groups is 1. The Kier molecular flexibility index (Phi) is 4.12. The van der Waals surface area contributed by atoms with Gasteiger partial charge in [-0.2, -0.15) is 13.2 Å². The van der Waals surface area contributed by atoms with Crippen molar-refractivity contribution in [3.05, 3.63) is 71.8 Å². The maximum absolute atomic E-state index is 12.4. The highest BCUT2D eigenvalue weighted by Gasteiger charge is 2.30. The molecule has 0 aliphatic rings. The van der Waals surface area contributed by atoms with Gasteiger partial charge < -0.3 is 4.74 Å². The van der Waals surface area contributed by atoms with Crippen molar-refractivity contribution in [2.45, 2.75) is 6.18 Å². The number of carbonyl (C=O) groups excluding carboxylic acids is 1. The van der Waals surface area contributed by atoms with E-state index in [4.69, 9.17) is 4.74 Å². The predicted molar refractivity (Wildman–Crippen MR) is 72.9 cm³/mol. The Labute approximate surface area is 119 Å². The van der Waals surface area contributed by atoms with Crippen molar-refractivity contribution in [2.75, 3.05) is 0 Å². The molecule has 2 rings (SSSR count). The highest BCUT2D eigenvalue weighted by atomic mass is 19.4. The molecular weight excluding hydrogens is 281 g/mol. The van der Waals surface area contributed by atoms with E-state index in [9.17, 15) is 18.0 Å². The van der Waals surface area contributed by atoms with Crippen LogP contribution in [0.2, 0.25) is 0 Å². The van der Waals surface area contributed by atoms with Crippen molar-refractivity contribution in [1.29, 1.82) is 0 Å². The van der Waals surface area contributed by atoms with Gasteiger partial charge in [0.1, 0.15) is 5.75 Å². The molecule has 108 valence electrons. The first-order valence-corrected chi connectivity index (χ1v) is 6.02. The summed E-state index contributed by atoms with van der Waals surface area (Å²) in [6.45, 7) is 3.59. The van der Waals surface area contributed by atoms with E-state index < -0.39 is 17.7 Å². The number of halogens is 3. The van der Waals surface area contributed by atoms with Crippen LogP contribution in [-0.4, -0.2) is 5.97 Å². The van der Waals surface area contributed by atoms with E-state index in [0.29, 0.717) is 11.3 Å². The van der Waals surface area contributed by atoms with Crippen LogP contribution < -0.4 is 4.74 Å². The van der Waals surface area contributed by atoms with Crippen LogP contribution in [0.5, 0.6) is 5.75 Å². The SMILES string of the molecule is C=Cc1ccccc1OC(=O)c1ccc(C(F)(F)F)cc1. The van der Waals surface area contributed by atoms with Crippen LogP contribution in [0.3, 0.4) is 0 Å². The largest absolute Gasteiger partial charge is 0.422 e. The molecule has 2 nitrogen and oxygen atoms in total. The zero-order valence-corrected chi connectivity index (χ0v) is 10.9. The molecule has 0 aliphatic carbocycles. The summed E-state index contributed by atoms with van der Waals surface area (Å²) >= 11 is 0. The standard InChI is InChI=1S/C16H11F3O2/c1-2-11-5-3-4-6-14(11)21-15(20)12-7-9-13(10-8-12)16(17,18)19/h2-10H,1H2. The van der Waals surface area contributed by atoms with Crippen LogP contribution >= 0.6 is 0 Å². The van der Waals surface area contributed by atoms with Crippen LogP contribution in [0.4, 0.5) is 13.2 Å². The zero-order valence-electron chi connectivity index (χ0n) is 10.9. The third kappa shape index (κ3) is 3.51. The third-order valence-corrected chi connectivity index (χ3v) is 2.79. The molecule has 0 N–H and O–H groups in total. The summed E-state index contributed by atoms with van der Waals surface area (Å²) in [7, 11) is 0. The van der Waals surface area contributed by atoms with Gasteiger partial charge in [-0.1, -0.05) is 30.9 Å². The van der Waals surface area contributed by atoms with Crippen molar-refractivity contribution < 1.29 is 22.7 Å². The molecule has 0 radical (unpaired) electrons. The zero-order chi connectivity index (χ0) is 15.5. The minimum Gasteiger partial charge on any atom is -0.422 e. The van der Waals surface area contributed by atoms with Gasteiger partial charge in [-0.3, -0.25) is 0 Å². The lowest BCUT2D eigenvalue weighted by atomic mass is 10.1. The molecule has 0 aliphatic heterocycles. The Bertz CT molecular complexity index is 658. The molecule has 5 heteroatoms. The molecule has 0 spiro atoms. The van der Waals surface area contributed by atoms with Gasteiger partial charge in [0, 0.05) is 5.56 Å². The molecule has 0 bridgehead atoms. The highest BCUT2D eigenvalue weighted by Crippen LogP contribution is 2.29. The number of benzene rings is 2. The molecule has 0 atom stereocenters. The van der Waals surface area contributed by atoms with Crippen LogP contribution in [0.15, 0.2) is 55.1 Å². The van der Waals surface area contributed by atoms with E-state index >= 15 is 0 Å². The first kappa shape index (κ1) is 14.8. The summed E-state index contributed by atoms with van der Waals surface area (Å²) in [5, 5.41) is 0. The van der Waals surface area contributed by atoms with Crippen LogP contribution in [0.25, 0.3) is 6.08 Å². The summed E-state index contributed by atoms with van der Waals surface area (Å²) in [6, 6.07) is 10.6. The number of para-hydroxylation sites is 1. The van der Waals surface area contributed by atoms with Gasteiger partial charge in [0.05, 0.1) is 11.1 Å². The number of alkyl halides is 3. The molecule has 2 aromatic carbocycles. The summed E-state index contributed by atoms with van der Waals surface area (Å²) in [5.74, 6) is -0.421. The van der Waals surface area contributed by atoms with E-state index in [0.717, 1.165) is 24.3 Å². The fourth-order valence-electron chi connectivity index (χ4n) is 1.70. The monoisotopic (exact) mass is 292 g/mol. The second-order valence-corrected chi connectivity index (χ2v) is 4.21. The minimum absolute atomic E-state index is 0.0434. The van der Waals surface area contributed by atoms with Gasteiger partial charge in [-0.15, -0.1) is 0 Å². The Hall–Kier alpha value is -2.56. The Morgan fingerprint density at radius 2 is 1.67 bits per heavy atom. The molecule has 0 saturated heterocycles. The average molecular weight is 292 g/mol. The fourth-order valence-corrected chi connectivity index (χ4v) is 1.70. The van der Waals surface area contributed by atoms with E-state index in [-0.39, 0.29) is 5.56 Å². The lowest BCUT2D eigenvalue weighted by molar-refractivity contribution is -0.137. The molecule has 21 heavy (non-hydrogen) atoms. The summed E-state index contributed by atoms with van der Waals surface area (Å²) in [6.07, 6.45) is -2.91. The predicted octanol–water partition coefficient (Wildman–Crippen LogP) is 4.57. The minimum atomic E-state index is -4.43. The molecule has 0 unspecified atom stereocenters. The Morgan fingerprint density at radius 1 is 1.05 bits per heavy atom. The molecule has 0 fully saturated rings. The number of rotatable bonds is 3. The average Bonchev–Trinajstić information content (AvgIpc) is 2.47. The second-order valence-electron chi connectivity index (χ2n) is 4.21. The topological polar surface area (TPSA) is 26.3 Å². The number of esters is 1. The maximum atomic E-state index is 12.4. The van der Waals surface area contributed by atoms with Gasteiger partial charge in [0.2, 0.25) is 0 Å². The maximum Gasteiger partial charge on any atom is 0.416 e. The summed E-state index contributed by atoms with van der Waals surface area (Å²) < 4.78 is 42.5. The summed E-state index contributed by atoms with van der Waals surface area (Å²) in [4.78, 5) is 11.9. The van der Waals surface area contributed by atoms with Crippen molar-refractivity contribution in [1.82, 2.24) is 0 Å². The van der Waals surface area contributed by atoms with Crippen LogP contribution in [0, 0.1) is 0 Å². The molecule has 0 aromatic heterocycles. The van der Waals surface area contributed by atoms with Gasteiger partial charge >= 0.3 is 12.1 Å².